The van der Waals surface area contributed by atoms with Crippen LogP contribution < -0.4 is 9.77 Å². The highest BCUT2D eigenvalue weighted by molar-refractivity contribution is 8.00. The number of phenols is 1. The first-order valence-corrected chi connectivity index (χ1v) is 13.3. The molecule has 3 heterocycles. The Labute approximate surface area is 212 Å². The van der Waals surface area contributed by atoms with Crippen LogP contribution in [-0.2, 0) is 9.59 Å². The summed E-state index contributed by atoms with van der Waals surface area (Å²) in [5.74, 6) is -1.28. The van der Waals surface area contributed by atoms with Gasteiger partial charge in [-0.3, -0.25) is 29.4 Å². The standard InChI is InChI=1S/C25H19N3O6S2/c29-13-7-1-10(2-8-13)16-17-14-9-15(20(17)35-22-21(16)36-25(32)26-22)19-18(14)23(30)27(24(19)31)11-3-5-12(6-4-11)28(33)34/h1-8,14-20,29H,9H2,(H,26,32)/t14?,15?,16-,17?,18?,19?,20?/m1/s1. The zero-order chi connectivity index (χ0) is 24.9. The lowest BCUT2D eigenvalue weighted by atomic mass is 9.68. The maximum Gasteiger partial charge on any atom is 0.305 e. The number of thiazole rings is 1. The number of carbonyl (C=O) groups excluding carboxylic acids is 2. The number of hydrogen-bond donors (Lipinski definition) is 2. The number of amides is 2. The maximum absolute atomic E-state index is 13.7. The Balaban J connectivity index is 1.29. The molecule has 7 rings (SSSR count). The fourth-order valence-electron chi connectivity index (χ4n) is 7.05. The van der Waals surface area contributed by atoms with E-state index in [0.717, 1.165) is 21.9 Å². The lowest BCUT2D eigenvalue weighted by Crippen LogP contribution is -2.42. The Hall–Kier alpha value is -3.44. The van der Waals surface area contributed by atoms with E-state index in [4.69, 9.17) is 0 Å². The average molecular weight is 522 g/mol. The van der Waals surface area contributed by atoms with E-state index in [1.807, 2.05) is 12.1 Å². The average Bonchev–Trinajstić information content (AvgIpc) is 3.58. The van der Waals surface area contributed by atoms with Crippen molar-refractivity contribution in [1.82, 2.24) is 4.98 Å². The minimum Gasteiger partial charge on any atom is -0.508 e. The topological polar surface area (TPSA) is 134 Å². The van der Waals surface area contributed by atoms with E-state index in [0.29, 0.717) is 5.69 Å². The third-order valence-corrected chi connectivity index (χ3v) is 10.9. The number of H-pyrrole nitrogens is 1. The van der Waals surface area contributed by atoms with Gasteiger partial charge >= 0.3 is 4.87 Å². The largest absolute Gasteiger partial charge is 0.508 e. The summed E-state index contributed by atoms with van der Waals surface area (Å²) in [6.07, 6.45) is 0.775. The van der Waals surface area contributed by atoms with E-state index >= 15 is 0 Å². The SMILES string of the molecule is O=C1C2C3CC(C2C(=O)N1c1ccc([N+](=O)[O-])cc1)C1C3Sc2[nH]c(=O)sc2[C@@H]1c1ccc(O)cc1. The number of imide groups is 1. The summed E-state index contributed by atoms with van der Waals surface area (Å²) in [5.41, 5.74) is 1.24. The van der Waals surface area contributed by atoms with Crippen molar-refractivity contribution in [2.45, 2.75) is 22.6 Å². The third-order valence-electron chi connectivity index (χ3n) is 8.29. The van der Waals surface area contributed by atoms with Crippen LogP contribution in [0.2, 0.25) is 0 Å². The molecule has 1 aromatic heterocycles. The van der Waals surface area contributed by atoms with Crippen LogP contribution in [0.15, 0.2) is 58.4 Å². The number of aromatic amines is 1. The number of nitrogens with zero attached hydrogens (tertiary/aromatic N) is 2. The molecule has 3 aromatic rings. The van der Waals surface area contributed by atoms with Crippen molar-refractivity contribution in [2.24, 2.45) is 29.6 Å². The van der Waals surface area contributed by atoms with Crippen LogP contribution in [0.25, 0.3) is 0 Å². The lowest BCUT2D eigenvalue weighted by molar-refractivity contribution is -0.384. The highest BCUT2D eigenvalue weighted by Crippen LogP contribution is 2.68. The number of fused-ring (bicyclic) bond motifs is 9. The van der Waals surface area contributed by atoms with Gasteiger partial charge in [-0.15, -0.1) is 11.8 Å². The smallest absolute Gasteiger partial charge is 0.305 e. The second-order valence-corrected chi connectivity index (χ2v) is 12.0. The number of benzene rings is 2. The Morgan fingerprint density at radius 3 is 2.31 bits per heavy atom. The van der Waals surface area contributed by atoms with E-state index in [1.165, 1.54) is 40.5 Å². The number of thioether (sulfide) groups is 1. The third kappa shape index (κ3) is 2.86. The number of non-ortho nitro benzene ring substituents is 1. The summed E-state index contributed by atoms with van der Waals surface area (Å²) >= 11 is 2.81. The van der Waals surface area contributed by atoms with Gasteiger partial charge in [0.05, 0.1) is 27.5 Å². The number of nitrogens with one attached hydrogen (secondary N) is 1. The Kier molecular flexibility index (Phi) is 4.56. The quantitative estimate of drug-likeness (QED) is 0.305. The number of aromatic nitrogens is 1. The lowest BCUT2D eigenvalue weighted by Gasteiger charge is -2.43. The van der Waals surface area contributed by atoms with Crippen molar-refractivity contribution in [3.8, 4) is 5.75 Å². The molecule has 2 N–H and O–H groups in total. The van der Waals surface area contributed by atoms with Crippen LogP contribution in [-0.4, -0.2) is 32.1 Å². The fourth-order valence-corrected chi connectivity index (χ4v) is 9.94. The first kappa shape index (κ1) is 21.8. The van der Waals surface area contributed by atoms with Gasteiger partial charge in [0.1, 0.15) is 5.75 Å². The molecule has 2 aliphatic heterocycles. The van der Waals surface area contributed by atoms with Crippen molar-refractivity contribution in [3.63, 3.8) is 0 Å². The number of anilines is 1. The van der Waals surface area contributed by atoms with Crippen LogP contribution >= 0.6 is 23.1 Å². The van der Waals surface area contributed by atoms with Gasteiger partial charge in [-0.05, 0) is 54.0 Å². The fraction of sp³-hybridized carbons (Fsp3) is 0.320. The second-order valence-electron chi connectivity index (χ2n) is 9.84. The molecule has 7 atom stereocenters. The molecule has 2 aliphatic carbocycles. The van der Waals surface area contributed by atoms with E-state index in [1.54, 1.807) is 23.9 Å². The van der Waals surface area contributed by atoms with Gasteiger partial charge in [-0.1, -0.05) is 23.5 Å². The Morgan fingerprint density at radius 1 is 0.972 bits per heavy atom. The highest BCUT2D eigenvalue weighted by Gasteiger charge is 2.69. The molecule has 11 heteroatoms. The molecule has 2 amide bonds. The number of phenolic OH excluding ortho intramolecular Hbond substituents is 1. The summed E-state index contributed by atoms with van der Waals surface area (Å²) in [7, 11) is 0. The second kappa shape index (κ2) is 7.53. The number of hydrogen-bond acceptors (Lipinski definition) is 8. The van der Waals surface area contributed by atoms with Crippen LogP contribution in [0.4, 0.5) is 11.4 Å². The highest BCUT2D eigenvalue weighted by atomic mass is 32.2. The number of nitro benzene ring substituents is 1. The molecule has 3 fully saturated rings. The van der Waals surface area contributed by atoms with Gasteiger partial charge in [0.15, 0.2) is 0 Å². The number of nitro groups is 1. The zero-order valence-electron chi connectivity index (χ0n) is 18.6. The van der Waals surface area contributed by atoms with Gasteiger partial charge in [0, 0.05) is 28.2 Å². The molecule has 1 saturated heterocycles. The monoisotopic (exact) mass is 521 g/mol. The number of carbonyl (C=O) groups is 2. The maximum atomic E-state index is 13.7. The minimum atomic E-state index is -0.513. The first-order valence-electron chi connectivity index (χ1n) is 11.6. The molecule has 2 aromatic carbocycles. The van der Waals surface area contributed by atoms with Crippen molar-refractivity contribution in [2.75, 3.05) is 4.90 Å². The van der Waals surface area contributed by atoms with Crippen LogP contribution in [0.3, 0.4) is 0 Å². The molecule has 4 aliphatic rings. The molecule has 6 unspecified atom stereocenters. The molecule has 2 saturated carbocycles. The summed E-state index contributed by atoms with van der Waals surface area (Å²) in [6, 6.07) is 12.5. The van der Waals surface area contributed by atoms with Crippen LogP contribution in [0.1, 0.15) is 22.8 Å². The summed E-state index contributed by atoms with van der Waals surface area (Å²) < 4.78 is 0. The normalized spacial score (nSPS) is 31.9. The molecule has 0 spiro atoms. The van der Waals surface area contributed by atoms with E-state index < -0.39 is 16.8 Å². The summed E-state index contributed by atoms with van der Waals surface area (Å²) in [6.45, 7) is 0. The molecule has 0 radical (unpaired) electrons. The van der Waals surface area contributed by atoms with E-state index in [2.05, 4.69) is 4.98 Å². The zero-order valence-corrected chi connectivity index (χ0v) is 20.2. The van der Waals surface area contributed by atoms with Crippen molar-refractivity contribution in [1.29, 1.82) is 0 Å². The molecule has 9 nitrogen and oxygen atoms in total. The van der Waals surface area contributed by atoms with Gasteiger partial charge in [0.2, 0.25) is 11.8 Å². The number of rotatable bonds is 3. The van der Waals surface area contributed by atoms with Gasteiger partial charge in [-0.25, -0.2) is 0 Å². The van der Waals surface area contributed by atoms with E-state index in [9.17, 15) is 29.6 Å². The first-order chi connectivity index (χ1) is 17.3. The minimum absolute atomic E-state index is 0.00864. The molecule has 2 bridgehead atoms. The molecule has 182 valence electrons. The predicted molar refractivity (Wildman–Crippen MR) is 132 cm³/mol. The summed E-state index contributed by atoms with van der Waals surface area (Å²) in [4.78, 5) is 55.1. The van der Waals surface area contributed by atoms with E-state index in [-0.39, 0.29) is 57.0 Å². The molecule has 36 heavy (non-hydrogen) atoms. The van der Waals surface area contributed by atoms with Gasteiger partial charge in [0.25, 0.3) is 5.69 Å². The molecular weight excluding hydrogens is 502 g/mol. The van der Waals surface area contributed by atoms with Crippen molar-refractivity contribution >= 4 is 46.3 Å². The van der Waals surface area contributed by atoms with Crippen molar-refractivity contribution in [3.05, 3.63) is 78.8 Å². The summed E-state index contributed by atoms with van der Waals surface area (Å²) in [5, 5.41) is 21.8. The number of aromatic hydroxyl groups is 1. The van der Waals surface area contributed by atoms with Gasteiger partial charge < -0.3 is 10.1 Å². The Bertz CT molecular complexity index is 1500. The van der Waals surface area contributed by atoms with Gasteiger partial charge in [-0.2, -0.15) is 0 Å². The molecular formula is C25H19N3O6S2. The van der Waals surface area contributed by atoms with Crippen molar-refractivity contribution < 1.29 is 19.6 Å². The Morgan fingerprint density at radius 2 is 1.64 bits per heavy atom. The van der Waals surface area contributed by atoms with Crippen LogP contribution in [0.5, 0.6) is 5.75 Å². The predicted octanol–water partition coefficient (Wildman–Crippen LogP) is 3.73. The van der Waals surface area contributed by atoms with Crippen LogP contribution in [0, 0.1) is 39.7 Å².